The van der Waals surface area contributed by atoms with Crippen molar-refractivity contribution in [1.29, 1.82) is 0 Å². The van der Waals surface area contributed by atoms with Gasteiger partial charge in [0.05, 0.1) is 0 Å². The van der Waals surface area contributed by atoms with Gasteiger partial charge in [0.15, 0.2) is 0 Å². The van der Waals surface area contributed by atoms with Gasteiger partial charge in [-0.3, -0.25) is 4.79 Å². The summed E-state index contributed by atoms with van der Waals surface area (Å²) in [6.45, 7) is 4.81. The van der Waals surface area contributed by atoms with Crippen molar-refractivity contribution in [3.63, 3.8) is 0 Å². The van der Waals surface area contributed by atoms with Gasteiger partial charge in [0.25, 0.3) is 0 Å². The van der Waals surface area contributed by atoms with E-state index in [1.165, 1.54) is 15.4 Å². The molecule has 0 spiro atoms. The summed E-state index contributed by atoms with van der Waals surface area (Å²) in [5.41, 5.74) is 2.79. The number of carbonyl (C=O) groups is 1. The van der Waals surface area contributed by atoms with Crippen LogP contribution in [-0.2, 0) is 14.8 Å². The number of carbonyl (C=O) groups excluding carboxylic acids is 1. The molecule has 2 aromatic carbocycles. The molecule has 1 N–H and O–H groups in total. The fourth-order valence-electron chi connectivity index (χ4n) is 4.25. The lowest BCUT2D eigenvalue weighted by molar-refractivity contribution is -0.120. The Hall–Kier alpha value is -2.68. The van der Waals surface area contributed by atoms with Crippen LogP contribution in [0.3, 0.4) is 0 Å². The number of anilines is 2. The Morgan fingerprint density at radius 3 is 2.18 bits per heavy atom. The summed E-state index contributed by atoms with van der Waals surface area (Å²) in [5, 5.41) is 4.26. The van der Waals surface area contributed by atoms with Crippen molar-refractivity contribution in [2.24, 2.45) is 5.92 Å². The maximum atomic E-state index is 12.7. The van der Waals surface area contributed by atoms with E-state index in [0.29, 0.717) is 25.9 Å². The third-order valence-electron chi connectivity index (χ3n) is 6.42. The molecule has 0 aromatic heterocycles. The summed E-state index contributed by atoms with van der Waals surface area (Å²) < 4.78 is 26.7. The minimum Gasteiger partial charge on any atom is -0.369 e. The van der Waals surface area contributed by atoms with Crippen molar-refractivity contribution >= 4 is 33.4 Å². The normalized spacial score (nSPS) is 19.1. The van der Waals surface area contributed by atoms with E-state index < -0.39 is 10.0 Å². The monoisotopic (exact) mass is 468 g/mol. The zero-order valence-electron chi connectivity index (χ0n) is 19.1. The van der Waals surface area contributed by atoms with Crippen LogP contribution in [0, 0.1) is 5.92 Å². The molecule has 2 aliphatic heterocycles. The number of likely N-dealkylation sites (N-methyl/N-ethyl adjacent to an activating group) is 1. The zero-order valence-corrected chi connectivity index (χ0v) is 19.9. The Bertz CT molecular complexity index is 1050. The summed E-state index contributed by atoms with van der Waals surface area (Å²) in [4.78, 5) is 17.4. The average Bonchev–Trinajstić information content (AvgIpc) is 2.85. The maximum Gasteiger partial charge on any atom is 0.236 e. The molecule has 2 heterocycles. The number of piperazine rings is 1. The Balaban J connectivity index is 1.27. The van der Waals surface area contributed by atoms with Gasteiger partial charge in [0.2, 0.25) is 15.9 Å². The molecule has 0 aliphatic carbocycles. The number of rotatable bonds is 6. The Kier molecular flexibility index (Phi) is 7.47. The van der Waals surface area contributed by atoms with Gasteiger partial charge in [-0.1, -0.05) is 30.3 Å². The van der Waals surface area contributed by atoms with E-state index in [4.69, 9.17) is 0 Å². The molecule has 33 heavy (non-hydrogen) atoms. The van der Waals surface area contributed by atoms with Gasteiger partial charge in [-0.2, -0.15) is 4.31 Å². The van der Waals surface area contributed by atoms with Gasteiger partial charge in [-0.15, -0.1) is 0 Å². The highest BCUT2D eigenvalue weighted by Gasteiger charge is 2.30. The average molecular weight is 469 g/mol. The number of nitrogens with zero attached hydrogens (tertiary/aromatic N) is 3. The number of amides is 1. The smallest absolute Gasteiger partial charge is 0.236 e. The number of benzene rings is 2. The third-order valence-corrected chi connectivity index (χ3v) is 7.98. The molecule has 2 saturated heterocycles. The van der Waals surface area contributed by atoms with Gasteiger partial charge in [-0.25, -0.2) is 8.42 Å². The van der Waals surface area contributed by atoms with Crippen molar-refractivity contribution in [3.05, 3.63) is 65.6 Å². The van der Waals surface area contributed by atoms with Crippen LogP contribution in [0.5, 0.6) is 0 Å². The lowest BCUT2D eigenvalue weighted by Crippen LogP contribution is -2.44. The topological polar surface area (TPSA) is 73.0 Å². The number of hydrogen-bond acceptors (Lipinski definition) is 5. The van der Waals surface area contributed by atoms with Crippen LogP contribution in [0.1, 0.15) is 18.4 Å². The van der Waals surface area contributed by atoms with Gasteiger partial charge in [-0.05, 0) is 55.8 Å². The highest BCUT2D eigenvalue weighted by atomic mass is 32.2. The SMILES string of the molecule is CN1CCN(c2ccc(NC(=O)C3CCN(S(=O)(=O)/C=C/c4ccccc4)CC3)cc2)CC1. The van der Waals surface area contributed by atoms with Crippen molar-refractivity contribution in [1.82, 2.24) is 9.21 Å². The molecule has 2 fully saturated rings. The molecule has 8 heteroatoms. The summed E-state index contributed by atoms with van der Waals surface area (Å²) in [6.07, 6.45) is 2.65. The molecule has 0 bridgehead atoms. The van der Waals surface area contributed by atoms with Crippen LogP contribution in [0.15, 0.2) is 60.0 Å². The highest BCUT2D eigenvalue weighted by molar-refractivity contribution is 7.92. The number of piperidine rings is 1. The second-order valence-corrected chi connectivity index (χ2v) is 10.6. The van der Waals surface area contributed by atoms with Crippen molar-refractivity contribution in [3.8, 4) is 0 Å². The van der Waals surface area contributed by atoms with E-state index in [1.807, 2.05) is 42.5 Å². The first kappa shape index (κ1) is 23.5. The van der Waals surface area contributed by atoms with Crippen LogP contribution >= 0.6 is 0 Å². The summed E-state index contributed by atoms with van der Waals surface area (Å²) >= 11 is 0. The Morgan fingerprint density at radius 2 is 1.55 bits per heavy atom. The van der Waals surface area contributed by atoms with Crippen LogP contribution in [0.25, 0.3) is 6.08 Å². The van der Waals surface area contributed by atoms with E-state index in [9.17, 15) is 13.2 Å². The zero-order chi connectivity index (χ0) is 23.3. The predicted molar refractivity (Wildman–Crippen MR) is 133 cm³/mol. The maximum absolute atomic E-state index is 12.7. The summed E-state index contributed by atoms with van der Waals surface area (Å²) in [5.74, 6) is -0.230. The van der Waals surface area contributed by atoms with E-state index >= 15 is 0 Å². The van der Waals surface area contributed by atoms with E-state index in [0.717, 1.165) is 37.4 Å². The Labute approximate surface area is 196 Å². The molecule has 7 nitrogen and oxygen atoms in total. The summed E-state index contributed by atoms with van der Waals surface area (Å²) in [6, 6.07) is 17.3. The van der Waals surface area contributed by atoms with Gasteiger partial charge < -0.3 is 15.1 Å². The third kappa shape index (κ3) is 6.22. The molecular weight excluding hydrogens is 436 g/mol. The highest BCUT2D eigenvalue weighted by Crippen LogP contribution is 2.24. The first-order valence-corrected chi connectivity index (χ1v) is 13.0. The fraction of sp³-hybridized carbons (Fsp3) is 0.400. The Morgan fingerprint density at radius 1 is 0.909 bits per heavy atom. The van der Waals surface area contributed by atoms with Crippen molar-refractivity contribution < 1.29 is 13.2 Å². The number of nitrogens with one attached hydrogen (secondary N) is 1. The van der Waals surface area contributed by atoms with Gasteiger partial charge in [0, 0.05) is 62.0 Å². The minimum atomic E-state index is -3.50. The second-order valence-electron chi connectivity index (χ2n) is 8.76. The standard InChI is InChI=1S/C25H32N4O3S/c1-27-16-18-28(19-17-27)24-9-7-23(8-10-24)26-25(30)22-11-14-29(15-12-22)33(31,32)20-13-21-5-3-2-4-6-21/h2-10,13,20,22H,11-12,14-19H2,1H3,(H,26,30)/b20-13+. The van der Waals surface area contributed by atoms with E-state index in [-0.39, 0.29) is 11.8 Å². The summed E-state index contributed by atoms with van der Waals surface area (Å²) in [7, 11) is -1.36. The molecular formula is C25H32N4O3S. The van der Waals surface area contributed by atoms with Gasteiger partial charge in [0.1, 0.15) is 0 Å². The molecule has 0 radical (unpaired) electrons. The first-order chi connectivity index (χ1) is 15.9. The molecule has 0 saturated carbocycles. The molecule has 0 atom stereocenters. The number of hydrogen-bond donors (Lipinski definition) is 1. The van der Waals surface area contributed by atoms with E-state index in [2.05, 4.69) is 34.3 Å². The quantitative estimate of drug-likeness (QED) is 0.705. The fourth-order valence-corrected chi connectivity index (χ4v) is 5.47. The second kappa shape index (κ2) is 10.5. The van der Waals surface area contributed by atoms with Crippen LogP contribution < -0.4 is 10.2 Å². The van der Waals surface area contributed by atoms with Crippen molar-refractivity contribution in [2.45, 2.75) is 12.8 Å². The van der Waals surface area contributed by atoms with E-state index in [1.54, 1.807) is 6.08 Å². The molecule has 1 amide bonds. The lowest BCUT2D eigenvalue weighted by Gasteiger charge is -2.34. The molecule has 4 rings (SSSR count). The van der Waals surface area contributed by atoms with Gasteiger partial charge >= 0.3 is 0 Å². The number of sulfonamides is 1. The lowest BCUT2D eigenvalue weighted by atomic mass is 9.97. The largest absolute Gasteiger partial charge is 0.369 e. The predicted octanol–water partition coefficient (Wildman–Crippen LogP) is 3.09. The molecule has 0 unspecified atom stereocenters. The molecule has 176 valence electrons. The van der Waals surface area contributed by atoms with Crippen LogP contribution in [-0.4, -0.2) is 69.8 Å². The first-order valence-electron chi connectivity index (χ1n) is 11.5. The molecule has 2 aliphatic rings. The van der Waals surface area contributed by atoms with Crippen LogP contribution in [0.4, 0.5) is 11.4 Å². The minimum absolute atomic E-state index is 0.0424. The van der Waals surface area contributed by atoms with Crippen LogP contribution in [0.2, 0.25) is 0 Å². The van der Waals surface area contributed by atoms with Crippen molar-refractivity contribution in [2.75, 3.05) is 56.5 Å². The molecule has 2 aromatic rings.